The fourth-order valence-corrected chi connectivity index (χ4v) is 13.0. The van der Waals surface area contributed by atoms with Gasteiger partial charge in [0.05, 0.1) is 11.5 Å². The molecule has 268 valence electrons. The lowest BCUT2D eigenvalue weighted by atomic mass is 9.43. The molecular formula is C38H60BrN5O4. The number of likely N-dealkylation sites (N-methyl/N-ethyl adjacent to an activating group) is 1. The minimum atomic E-state index is -0.755. The van der Waals surface area contributed by atoms with E-state index in [2.05, 4.69) is 51.8 Å². The van der Waals surface area contributed by atoms with Gasteiger partial charge in [-0.05, 0) is 120 Å². The molecule has 3 amide bonds. The minimum absolute atomic E-state index is 0.0584. The van der Waals surface area contributed by atoms with Gasteiger partial charge in [-0.3, -0.25) is 14.4 Å². The lowest BCUT2D eigenvalue weighted by molar-refractivity contribution is -0.171. The monoisotopic (exact) mass is 729 g/mol. The number of hydrogen-bond donors (Lipinski definition) is 3. The largest absolute Gasteiger partial charge is 0.391 e. The summed E-state index contributed by atoms with van der Waals surface area (Å²) in [7, 11) is 6.16. The van der Waals surface area contributed by atoms with Crippen LogP contribution in [0.4, 0.5) is 0 Å². The van der Waals surface area contributed by atoms with Gasteiger partial charge in [-0.15, -0.1) is 0 Å². The first-order chi connectivity index (χ1) is 22.9. The van der Waals surface area contributed by atoms with Gasteiger partial charge in [-0.25, -0.2) is 0 Å². The van der Waals surface area contributed by atoms with Crippen molar-refractivity contribution in [1.29, 1.82) is 0 Å². The summed E-state index contributed by atoms with van der Waals surface area (Å²) in [5.41, 5.74) is 0.941. The van der Waals surface area contributed by atoms with Crippen LogP contribution in [0.5, 0.6) is 0 Å². The number of nitrogens with zero attached hydrogens (tertiary/aromatic N) is 3. The highest BCUT2D eigenvalue weighted by Gasteiger charge is 2.62. The Morgan fingerprint density at radius 1 is 1.02 bits per heavy atom. The average Bonchev–Trinajstić information content (AvgIpc) is 3.63. The Morgan fingerprint density at radius 3 is 2.46 bits per heavy atom. The number of hydrogen-bond acceptors (Lipinski definition) is 6. The van der Waals surface area contributed by atoms with Crippen LogP contribution in [0.25, 0.3) is 0 Å². The lowest BCUT2D eigenvalue weighted by Gasteiger charge is -2.62. The number of fused-ring (bicyclic) bond motifs is 1. The van der Waals surface area contributed by atoms with Crippen molar-refractivity contribution in [1.82, 2.24) is 25.3 Å². The Bertz CT molecular complexity index is 1250. The van der Waals surface area contributed by atoms with Crippen molar-refractivity contribution in [3.63, 3.8) is 0 Å². The molecule has 6 aliphatic carbocycles. The molecule has 2 heterocycles. The third-order valence-electron chi connectivity index (χ3n) is 13.6. The molecule has 0 aromatic rings. The number of aliphatic hydroxyl groups is 1. The van der Waals surface area contributed by atoms with Crippen LogP contribution in [0, 0.1) is 34.5 Å². The molecule has 9 atom stereocenters. The van der Waals surface area contributed by atoms with Crippen molar-refractivity contribution in [3.05, 3.63) is 11.8 Å². The van der Waals surface area contributed by atoms with Gasteiger partial charge in [0.2, 0.25) is 17.7 Å². The number of amides is 3. The van der Waals surface area contributed by atoms with Gasteiger partial charge < -0.3 is 30.4 Å². The standard InChI is InChI=1S/C38H60BrN5O4/c1-42(2)23-37-15-24-12-25(16-37)18-38(17-24,22-37)36(48)44-21-28(45)14-33(44)34(46)41-32(13-27-19-40-31-11-7-5-9-29(27)31)35(47)43(3)20-26-8-4-6-10-30(26)39/h19,24-26,28-33,40,45H,4-18,20-23H2,1-3H3,(H,41,46)/t24?,25?,26?,28-,29?,30?,31?,32?,33?,37?,38?/m1/s1. The highest BCUT2D eigenvalue weighted by atomic mass is 79.9. The van der Waals surface area contributed by atoms with Gasteiger partial charge >= 0.3 is 0 Å². The van der Waals surface area contributed by atoms with E-state index in [0.29, 0.717) is 47.5 Å². The van der Waals surface area contributed by atoms with E-state index < -0.39 is 23.6 Å². The third kappa shape index (κ3) is 6.84. The number of halogens is 1. The molecular weight excluding hydrogens is 670 g/mol. The summed E-state index contributed by atoms with van der Waals surface area (Å²) < 4.78 is 0. The van der Waals surface area contributed by atoms with E-state index >= 15 is 0 Å². The van der Waals surface area contributed by atoms with Crippen molar-refractivity contribution in [2.24, 2.45) is 34.5 Å². The average molecular weight is 731 g/mol. The maximum absolute atomic E-state index is 14.7. The number of aliphatic hydroxyl groups excluding tert-OH is 1. The van der Waals surface area contributed by atoms with Crippen LogP contribution in [0.3, 0.4) is 0 Å². The molecule has 0 spiro atoms. The number of β-amino-alcohol motifs (C(OH)–C–C–N with tert-alkyl or cyclic N) is 1. The Labute approximate surface area is 296 Å². The van der Waals surface area contributed by atoms with Crippen molar-refractivity contribution in [2.75, 3.05) is 40.8 Å². The molecule has 8 unspecified atom stereocenters. The normalized spacial score (nSPS) is 40.7. The number of carbonyl (C=O) groups is 3. The molecule has 0 radical (unpaired) electrons. The molecule has 6 saturated carbocycles. The zero-order valence-electron chi connectivity index (χ0n) is 29.6. The topological polar surface area (TPSA) is 105 Å². The molecule has 8 rings (SSSR count). The third-order valence-corrected chi connectivity index (χ3v) is 14.8. The summed E-state index contributed by atoms with van der Waals surface area (Å²) in [6.45, 7) is 1.86. The van der Waals surface area contributed by atoms with E-state index in [1.54, 1.807) is 4.90 Å². The van der Waals surface area contributed by atoms with Crippen molar-refractivity contribution in [3.8, 4) is 0 Å². The molecule has 1 saturated heterocycles. The van der Waals surface area contributed by atoms with E-state index in [0.717, 1.165) is 51.5 Å². The van der Waals surface area contributed by atoms with Crippen LogP contribution in [0.1, 0.15) is 103 Å². The number of nitrogens with one attached hydrogen (secondary N) is 2. The first-order valence-corrected chi connectivity index (χ1v) is 20.1. The molecule has 48 heavy (non-hydrogen) atoms. The number of alkyl halides is 1. The second-order valence-corrected chi connectivity index (χ2v) is 18.9. The number of carbonyl (C=O) groups excluding carboxylic acids is 3. The van der Waals surface area contributed by atoms with E-state index in [4.69, 9.17) is 0 Å². The van der Waals surface area contributed by atoms with E-state index in [1.165, 1.54) is 50.5 Å². The van der Waals surface area contributed by atoms with Gasteiger partial charge in [0, 0.05) is 49.9 Å². The maximum atomic E-state index is 14.7. The highest BCUT2D eigenvalue weighted by molar-refractivity contribution is 9.09. The van der Waals surface area contributed by atoms with E-state index in [1.807, 2.05) is 11.9 Å². The van der Waals surface area contributed by atoms with Gasteiger partial charge in [0.15, 0.2) is 0 Å². The van der Waals surface area contributed by atoms with Gasteiger partial charge in [-0.1, -0.05) is 41.6 Å². The second-order valence-electron chi connectivity index (χ2n) is 17.8. The fourth-order valence-electron chi connectivity index (χ4n) is 12.2. The Morgan fingerprint density at radius 2 is 1.73 bits per heavy atom. The number of likely N-dealkylation sites (tertiary alicyclic amines) is 1. The molecule has 10 heteroatoms. The first-order valence-electron chi connectivity index (χ1n) is 19.2. The zero-order chi connectivity index (χ0) is 33.8. The summed E-state index contributed by atoms with van der Waals surface area (Å²) in [5, 5.41) is 17.7. The van der Waals surface area contributed by atoms with Crippen molar-refractivity contribution in [2.45, 2.75) is 132 Å². The number of rotatable bonds is 10. The van der Waals surface area contributed by atoms with Crippen LogP contribution in [-0.4, -0.2) is 107 Å². The highest BCUT2D eigenvalue weighted by Crippen LogP contribution is 2.66. The molecule has 2 aliphatic heterocycles. The molecule has 0 aromatic heterocycles. The Hall–Kier alpha value is -1.65. The predicted octanol–water partition coefficient (Wildman–Crippen LogP) is 4.43. The maximum Gasteiger partial charge on any atom is 0.245 e. The molecule has 0 aromatic carbocycles. The summed E-state index contributed by atoms with van der Waals surface area (Å²) in [6, 6.07) is -1.04. The van der Waals surface area contributed by atoms with Gasteiger partial charge in [-0.2, -0.15) is 0 Å². The SMILES string of the molecule is CN(C)CC12CC3CC(C1)CC(C(=O)N1C[C@H](O)CC1C(=O)NC(CC1=CNC4CCCCC14)C(=O)N(C)CC1CCCCC1Br)(C3)C2. The summed E-state index contributed by atoms with van der Waals surface area (Å²) in [6.07, 6.45) is 17.7. The Balaban J connectivity index is 1.09. The molecule has 8 aliphatic rings. The summed E-state index contributed by atoms with van der Waals surface area (Å²) >= 11 is 3.87. The summed E-state index contributed by atoms with van der Waals surface area (Å²) in [4.78, 5) is 49.6. The quantitative estimate of drug-likeness (QED) is 0.288. The van der Waals surface area contributed by atoms with Crippen LogP contribution in [0.2, 0.25) is 0 Å². The zero-order valence-corrected chi connectivity index (χ0v) is 31.2. The smallest absolute Gasteiger partial charge is 0.245 e. The minimum Gasteiger partial charge on any atom is -0.391 e. The molecule has 9 nitrogen and oxygen atoms in total. The van der Waals surface area contributed by atoms with Crippen molar-refractivity contribution < 1.29 is 19.5 Å². The van der Waals surface area contributed by atoms with Crippen LogP contribution < -0.4 is 10.6 Å². The molecule has 7 fully saturated rings. The molecule has 4 bridgehead atoms. The van der Waals surface area contributed by atoms with Gasteiger partial charge in [0.25, 0.3) is 0 Å². The van der Waals surface area contributed by atoms with Crippen LogP contribution >= 0.6 is 15.9 Å². The van der Waals surface area contributed by atoms with Crippen LogP contribution in [-0.2, 0) is 14.4 Å². The predicted molar refractivity (Wildman–Crippen MR) is 190 cm³/mol. The fraction of sp³-hybridized carbons (Fsp3) is 0.868. The van der Waals surface area contributed by atoms with Crippen molar-refractivity contribution >= 4 is 33.7 Å². The Kier molecular flexibility index (Phi) is 10.0. The van der Waals surface area contributed by atoms with E-state index in [-0.39, 0.29) is 36.1 Å². The lowest BCUT2D eigenvalue weighted by Crippen LogP contribution is -2.62. The van der Waals surface area contributed by atoms with E-state index in [9.17, 15) is 19.5 Å². The first kappa shape index (κ1) is 34.8. The van der Waals surface area contributed by atoms with Gasteiger partial charge in [0.1, 0.15) is 12.1 Å². The summed E-state index contributed by atoms with van der Waals surface area (Å²) in [5.74, 6) is 1.65. The molecule has 3 N–H and O–H groups in total. The van der Waals surface area contributed by atoms with Crippen LogP contribution in [0.15, 0.2) is 11.8 Å². The second kappa shape index (κ2) is 13.8.